The smallest absolute Gasteiger partial charge is 0.180 e. The van der Waals surface area contributed by atoms with E-state index in [0.717, 1.165) is 30.2 Å². The summed E-state index contributed by atoms with van der Waals surface area (Å²) in [6, 6.07) is 7.97. The SMILES string of the molecule is CCN(CC)C(CNc1ccc2nccnc2n1)c1ccco1. The van der Waals surface area contributed by atoms with Gasteiger partial charge in [-0.2, -0.15) is 0 Å². The van der Waals surface area contributed by atoms with Crippen LogP contribution in [0.25, 0.3) is 11.2 Å². The molecule has 6 nitrogen and oxygen atoms in total. The molecule has 0 bridgehead atoms. The minimum Gasteiger partial charge on any atom is -0.468 e. The van der Waals surface area contributed by atoms with Gasteiger partial charge in [0.25, 0.3) is 0 Å². The monoisotopic (exact) mass is 311 g/mol. The molecule has 0 amide bonds. The molecule has 23 heavy (non-hydrogen) atoms. The Morgan fingerprint density at radius 2 is 1.96 bits per heavy atom. The highest BCUT2D eigenvalue weighted by molar-refractivity contribution is 5.71. The van der Waals surface area contributed by atoms with Gasteiger partial charge < -0.3 is 9.73 Å². The van der Waals surface area contributed by atoms with Crippen LogP contribution < -0.4 is 5.32 Å². The number of furan rings is 1. The van der Waals surface area contributed by atoms with Gasteiger partial charge in [-0.3, -0.25) is 9.88 Å². The summed E-state index contributed by atoms with van der Waals surface area (Å²) in [5.74, 6) is 1.75. The lowest BCUT2D eigenvalue weighted by molar-refractivity contribution is 0.202. The van der Waals surface area contributed by atoms with Crippen molar-refractivity contribution < 1.29 is 4.42 Å². The van der Waals surface area contributed by atoms with Gasteiger partial charge in [0.15, 0.2) is 5.65 Å². The lowest BCUT2D eigenvalue weighted by Crippen LogP contribution is -2.33. The lowest BCUT2D eigenvalue weighted by atomic mass is 10.2. The summed E-state index contributed by atoms with van der Waals surface area (Å²) in [6.45, 7) is 6.95. The van der Waals surface area contributed by atoms with Gasteiger partial charge in [-0.25, -0.2) is 9.97 Å². The summed E-state index contributed by atoms with van der Waals surface area (Å²) < 4.78 is 5.61. The summed E-state index contributed by atoms with van der Waals surface area (Å²) in [4.78, 5) is 15.3. The molecule has 3 aromatic rings. The Hall–Kier alpha value is -2.47. The largest absolute Gasteiger partial charge is 0.468 e. The molecule has 0 aliphatic rings. The number of anilines is 1. The molecule has 0 saturated carbocycles. The number of likely N-dealkylation sites (N-methyl/N-ethyl adjacent to an activating group) is 1. The van der Waals surface area contributed by atoms with E-state index in [0.29, 0.717) is 12.2 Å². The summed E-state index contributed by atoms with van der Waals surface area (Å²) in [7, 11) is 0. The maximum atomic E-state index is 5.61. The van der Waals surface area contributed by atoms with Gasteiger partial charge in [-0.15, -0.1) is 0 Å². The first-order valence-corrected chi connectivity index (χ1v) is 7.91. The fourth-order valence-corrected chi connectivity index (χ4v) is 2.71. The molecule has 0 spiro atoms. The normalized spacial score (nSPS) is 12.7. The van der Waals surface area contributed by atoms with Crippen LogP contribution in [-0.4, -0.2) is 39.5 Å². The number of pyridine rings is 1. The molecular formula is C17H21N5O. The minimum atomic E-state index is 0.166. The van der Waals surface area contributed by atoms with Crippen LogP contribution in [0.5, 0.6) is 0 Å². The van der Waals surface area contributed by atoms with Gasteiger partial charge >= 0.3 is 0 Å². The van der Waals surface area contributed by atoms with Gasteiger partial charge in [0.1, 0.15) is 17.1 Å². The Morgan fingerprint density at radius 3 is 2.70 bits per heavy atom. The fraction of sp³-hybridized carbons (Fsp3) is 0.353. The summed E-state index contributed by atoms with van der Waals surface area (Å²) in [6.07, 6.45) is 5.04. The highest BCUT2D eigenvalue weighted by Crippen LogP contribution is 2.22. The van der Waals surface area contributed by atoms with E-state index in [9.17, 15) is 0 Å². The third-order valence-electron chi connectivity index (χ3n) is 3.93. The van der Waals surface area contributed by atoms with Crippen molar-refractivity contribution in [2.45, 2.75) is 19.9 Å². The molecule has 1 atom stereocenters. The van der Waals surface area contributed by atoms with Crippen LogP contribution in [0.1, 0.15) is 25.6 Å². The molecule has 0 radical (unpaired) electrons. The van der Waals surface area contributed by atoms with Crippen LogP contribution in [0, 0.1) is 0 Å². The summed E-state index contributed by atoms with van der Waals surface area (Å²) in [5, 5.41) is 3.39. The number of rotatable bonds is 7. The van der Waals surface area contributed by atoms with Crippen LogP contribution in [0.15, 0.2) is 47.3 Å². The topological polar surface area (TPSA) is 67.1 Å². The zero-order valence-corrected chi connectivity index (χ0v) is 13.4. The van der Waals surface area contributed by atoms with Crippen LogP contribution in [0.3, 0.4) is 0 Å². The van der Waals surface area contributed by atoms with Crippen molar-refractivity contribution in [2.75, 3.05) is 25.0 Å². The van der Waals surface area contributed by atoms with Crippen molar-refractivity contribution in [1.29, 1.82) is 0 Å². The molecule has 3 aromatic heterocycles. The maximum Gasteiger partial charge on any atom is 0.180 e. The van der Waals surface area contributed by atoms with Crippen molar-refractivity contribution >= 4 is 17.0 Å². The molecule has 0 fully saturated rings. The van der Waals surface area contributed by atoms with Crippen LogP contribution in [0.2, 0.25) is 0 Å². The molecule has 0 saturated heterocycles. The Bertz CT molecular complexity index is 740. The quantitative estimate of drug-likeness (QED) is 0.723. The Labute approximate surface area is 135 Å². The van der Waals surface area contributed by atoms with E-state index in [2.05, 4.69) is 39.0 Å². The van der Waals surface area contributed by atoms with Gasteiger partial charge in [0, 0.05) is 18.9 Å². The second-order valence-electron chi connectivity index (χ2n) is 5.23. The van der Waals surface area contributed by atoms with Crippen molar-refractivity contribution in [3.8, 4) is 0 Å². The molecule has 1 N–H and O–H groups in total. The fourth-order valence-electron chi connectivity index (χ4n) is 2.71. The first-order valence-electron chi connectivity index (χ1n) is 7.91. The van der Waals surface area contributed by atoms with E-state index in [1.54, 1.807) is 18.7 Å². The number of nitrogens with zero attached hydrogens (tertiary/aromatic N) is 4. The van der Waals surface area contributed by atoms with Crippen LogP contribution in [0.4, 0.5) is 5.82 Å². The highest BCUT2D eigenvalue weighted by atomic mass is 16.3. The minimum absolute atomic E-state index is 0.166. The molecule has 1 unspecified atom stereocenters. The van der Waals surface area contributed by atoms with Gasteiger partial charge in [0.05, 0.1) is 12.3 Å². The van der Waals surface area contributed by atoms with Crippen molar-refractivity contribution in [3.05, 3.63) is 48.7 Å². The number of aromatic nitrogens is 3. The Kier molecular flexibility index (Phi) is 4.83. The third-order valence-corrected chi connectivity index (χ3v) is 3.93. The van der Waals surface area contributed by atoms with Crippen LogP contribution >= 0.6 is 0 Å². The molecule has 120 valence electrons. The predicted octanol–water partition coefficient (Wildman–Crippen LogP) is 3.11. The first-order chi connectivity index (χ1) is 11.3. The van der Waals surface area contributed by atoms with Crippen LogP contribution in [-0.2, 0) is 0 Å². The summed E-state index contributed by atoms with van der Waals surface area (Å²) in [5.41, 5.74) is 1.44. The maximum absolute atomic E-state index is 5.61. The number of hydrogen-bond donors (Lipinski definition) is 1. The van der Waals surface area contributed by atoms with Crippen molar-refractivity contribution in [1.82, 2.24) is 19.9 Å². The zero-order chi connectivity index (χ0) is 16.1. The molecular weight excluding hydrogens is 290 g/mol. The first kappa shape index (κ1) is 15.4. The Morgan fingerprint density at radius 1 is 1.13 bits per heavy atom. The van der Waals surface area contributed by atoms with Crippen molar-refractivity contribution in [2.24, 2.45) is 0 Å². The van der Waals surface area contributed by atoms with E-state index >= 15 is 0 Å². The average molecular weight is 311 g/mol. The highest BCUT2D eigenvalue weighted by Gasteiger charge is 2.20. The van der Waals surface area contributed by atoms with Gasteiger partial charge in [0.2, 0.25) is 0 Å². The second kappa shape index (κ2) is 7.19. The van der Waals surface area contributed by atoms with E-state index in [4.69, 9.17) is 4.42 Å². The van der Waals surface area contributed by atoms with Gasteiger partial charge in [-0.05, 0) is 37.4 Å². The Balaban J connectivity index is 1.77. The van der Waals surface area contributed by atoms with Crippen molar-refractivity contribution in [3.63, 3.8) is 0 Å². The lowest BCUT2D eigenvalue weighted by Gasteiger charge is -2.28. The molecule has 0 aliphatic carbocycles. The number of hydrogen-bond acceptors (Lipinski definition) is 6. The zero-order valence-electron chi connectivity index (χ0n) is 13.4. The summed E-state index contributed by atoms with van der Waals surface area (Å²) >= 11 is 0. The number of nitrogens with one attached hydrogen (secondary N) is 1. The predicted molar refractivity (Wildman–Crippen MR) is 90.2 cm³/mol. The second-order valence-corrected chi connectivity index (χ2v) is 5.23. The van der Waals surface area contributed by atoms with E-state index in [-0.39, 0.29) is 6.04 Å². The third kappa shape index (κ3) is 3.48. The molecule has 3 rings (SSSR count). The molecule has 0 aromatic carbocycles. The van der Waals surface area contributed by atoms with E-state index in [1.165, 1.54) is 0 Å². The van der Waals surface area contributed by atoms with Gasteiger partial charge in [-0.1, -0.05) is 13.8 Å². The molecule has 0 aliphatic heterocycles. The standard InChI is InChI=1S/C17H21N5O/c1-3-22(4-2)14(15-6-5-11-23-15)12-20-16-8-7-13-17(21-16)19-10-9-18-13/h5-11,14H,3-4,12H2,1-2H3,(H,19,20,21). The van der Waals surface area contributed by atoms with E-state index in [1.807, 2.05) is 24.3 Å². The number of fused-ring (bicyclic) bond motifs is 1. The van der Waals surface area contributed by atoms with E-state index < -0.39 is 0 Å². The molecule has 6 heteroatoms. The average Bonchev–Trinajstić information content (AvgIpc) is 3.12. The molecule has 3 heterocycles.